The third-order valence-electron chi connectivity index (χ3n) is 1.80. The summed E-state index contributed by atoms with van der Waals surface area (Å²) < 4.78 is 1.66. The third-order valence-corrected chi connectivity index (χ3v) is 4.24. The van der Waals surface area contributed by atoms with Crippen LogP contribution in [0.15, 0.2) is 4.99 Å². The highest BCUT2D eigenvalue weighted by Crippen LogP contribution is 2.38. The molecule has 1 aliphatic rings. The van der Waals surface area contributed by atoms with Crippen LogP contribution in [0.2, 0.25) is 0 Å². The first-order chi connectivity index (χ1) is 4.70. The first-order valence-corrected chi connectivity index (χ1v) is 5.52. The minimum Gasteiger partial charge on any atom is -0.270 e. The van der Waals surface area contributed by atoms with Gasteiger partial charge in [-0.15, -0.1) is 11.8 Å². The predicted molar refractivity (Wildman–Crippen MR) is 52.1 cm³/mol. The molecule has 0 aromatic carbocycles. The van der Waals surface area contributed by atoms with Crippen LogP contribution in [0.4, 0.5) is 0 Å². The Hall–Kier alpha value is 0.370. The molecule has 0 amide bonds. The lowest BCUT2D eigenvalue weighted by Crippen LogP contribution is -2.18. The van der Waals surface area contributed by atoms with Gasteiger partial charge >= 0.3 is 0 Å². The molecule has 1 rings (SSSR count). The second-order valence-corrected chi connectivity index (χ2v) is 5.32. The maximum absolute atomic E-state index is 4.42. The van der Waals surface area contributed by atoms with E-state index < -0.39 is 0 Å². The fourth-order valence-electron chi connectivity index (χ4n) is 0.797. The van der Waals surface area contributed by atoms with E-state index >= 15 is 0 Å². The molecule has 1 atom stereocenters. The summed E-state index contributed by atoms with van der Waals surface area (Å²) in [5.41, 5.74) is 0. The van der Waals surface area contributed by atoms with E-state index in [0.29, 0.717) is 4.75 Å². The van der Waals surface area contributed by atoms with Crippen molar-refractivity contribution < 1.29 is 0 Å². The average Bonchev–Trinajstić information content (AvgIpc) is 2.33. The summed E-state index contributed by atoms with van der Waals surface area (Å²) in [5.74, 6) is 0. The van der Waals surface area contributed by atoms with Crippen molar-refractivity contribution in [1.82, 2.24) is 0 Å². The first-order valence-electron chi connectivity index (χ1n) is 3.47. The molecule has 10 heavy (non-hydrogen) atoms. The summed E-state index contributed by atoms with van der Waals surface area (Å²) in [6, 6.07) is 0. The van der Waals surface area contributed by atoms with E-state index in [-0.39, 0.29) is 0 Å². The Morgan fingerprint density at radius 1 is 1.80 bits per heavy atom. The van der Waals surface area contributed by atoms with Crippen LogP contribution in [0.5, 0.6) is 0 Å². The van der Waals surface area contributed by atoms with Gasteiger partial charge in [0.05, 0.1) is 6.54 Å². The van der Waals surface area contributed by atoms with Gasteiger partial charge in [-0.05, 0) is 19.6 Å². The van der Waals surface area contributed by atoms with Crippen molar-refractivity contribution in [3.8, 4) is 0 Å². The van der Waals surface area contributed by atoms with Crippen molar-refractivity contribution in [1.29, 1.82) is 0 Å². The molecule has 0 bridgehead atoms. The molecule has 1 nitrogen and oxygen atoms in total. The maximum Gasteiger partial charge on any atom is 0.124 e. The Kier molecular flexibility index (Phi) is 2.69. The first kappa shape index (κ1) is 8.47. The average molecular weight is 175 g/mol. The predicted octanol–water partition coefficient (Wildman–Crippen LogP) is 2.62. The highest BCUT2D eigenvalue weighted by Gasteiger charge is 2.29. The van der Waals surface area contributed by atoms with Gasteiger partial charge in [-0.2, -0.15) is 0 Å². The van der Waals surface area contributed by atoms with Gasteiger partial charge in [0.15, 0.2) is 0 Å². The van der Waals surface area contributed by atoms with Gasteiger partial charge in [0, 0.05) is 4.75 Å². The van der Waals surface area contributed by atoms with Crippen molar-refractivity contribution in [2.75, 3.05) is 12.8 Å². The summed E-state index contributed by atoms with van der Waals surface area (Å²) in [6.07, 6.45) is 3.30. The van der Waals surface area contributed by atoms with Crippen LogP contribution in [0.25, 0.3) is 0 Å². The highest BCUT2D eigenvalue weighted by molar-refractivity contribution is 8.39. The van der Waals surface area contributed by atoms with Gasteiger partial charge in [0.1, 0.15) is 4.38 Å². The molecule has 0 spiro atoms. The summed E-state index contributed by atoms with van der Waals surface area (Å²) in [6.45, 7) is 5.51. The normalized spacial score (nSPS) is 32.5. The van der Waals surface area contributed by atoms with Crippen molar-refractivity contribution in [2.24, 2.45) is 4.99 Å². The van der Waals surface area contributed by atoms with Gasteiger partial charge in [0.25, 0.3) is 0 Å². The van der Waals surface area contributed by atoms with Gasteiger partial charge in [-0.3, -0.25) is 4.99 Å². The van der Waals surface area contributed by atoms with E-state index in [1.54, 1.807) is 11.8 Å². The molecule has 1 unspecified atom stereocenters. The molecule has 0 radical (unpaired) electrons. The van der Waals surface area contributed by atoms with Crippen molar-refractivity contribution in [2.45, 2.75) is 25.0 Å². The maximum atomic E-state index is 4.42. The second kappa shape index (κ2) is 3.18. The van der Waals surface area contributed by atoms with E-state index in [4.69, 9.17) is 0 Å². The quantitative estimate of drug-likeness (QED) is 0.607. The van der Waals surface area contributed by atoms with Gasteiger partial charge < -0.3 is 0 Å². The molecule has 1 aliphatic heterocycles. The lowest BCUT2D eigenvalue weighted by atomic mass is 10.1. The number of hydrogen-bond donors (Lipinski definition) is 0. The Labute approximate surface area is 71.1 Å². The van der Waals surface area contributed by atoms with Crippen LogP contribution >= 0.6 is 23.5 Å². The molecular formula is C7H13NS2. The Morgan fingerprint density at radius 2 is 2.50 bits per heavy atom. The molecule has 0 aliphatic carbocycles. The number of rotatable bonds is 1. The molecule has 1 heterocycles. The third kappa shape index (κ3) is 1.70. The van der Waals surface area contributed by atoms with Crippen LogP contribution in [-0.2, 0) is 0 Å². The van der Waals surface area contributed by atoms with Crippen molar-refractivity contribution >= 4 is 27.9 Å². The van der Waals surface area contributed by atoms with Crippen molar-refractivity contribution in [3.63, 3.8) is 0 Å². The summed E-state index contributed by atoms with van der Waals surface area (Å²) in [5, 5.41) is 0. The molecule has 0 N–H and O–H groups in total. The number of thioether (sulfide) groups is 2. The molecule has 0 aromatic heterocycles. The molecule has 58 valence electrons. The second-order valence-electron chi connectivity index (χ2n) is 2.69. The van der Waals surface area contributed by atoms with Crippen molar-refractivity contribution in [3.05, 3.63) is 0 Å². The lowest BCUT2D eigenvalue weighted by Gasteiger charge is -2.18. The zero-order valence-corrected chi connectivity index (χ0v) is 8.31. The zero-order chi connectivity index (χ0) is 7.61. The number of hydrogen-bond acceptors (Lipinski definition) is 3. The molecule has 0 saturated heterocycles. The van der Waals surface area contributed by atoms with Crippen LogP contribution in [0.3, 0.4) is 0 Å². The van der Waals surface area contributed by atoms with Gasteiger partial charge in [-0.1, -0.05) is 18.7 Å². The Balaban J connectivity index is 2.49. The summed E-state index contributed by atoms with van der Waals surface area (Å²) in [4.78, 5) is 4.42. The number of aliphatic imine (C=N–C) groups is 1. The van der Waals surface area contributed by atoms with Crippen LogP contribution in [0, 0.1) is 0 Å². The van der Waals surface area contributed by atoms with E-state index in [2.05, 4.69) is 25.1 Å². The topological polar surface area (TPSA) is 12.4 Å². The van der Waals surface area contributed by atoms with Gasteiger partial charge in [-0.25, -0.2) is 0 Å². The van der Waals surface area contributed by atoms with E-state index in [1.165, 1.54) is 10.8 Å². The Bertz CT molecular complexity index is 156. The SMILES string of the molecule is CCC1(C)CN=C(SC)S1. The monoisotopic (exact) mass is 175 g/mol. The lowest BCUT2D eigenvalue weighted by molar-refractivity contribution is 0.645. The smallest absolute Gasteiger partial charge is 0.124 e. The standard InChI is InChI=1S/C7H13NS2/c1-4-7(2)5-8-6(9-3)10-7/h4-5H2,1-3H3. The summed E-state index contributed by atoms with van der Waals surface area (Å²) in [7, 11) is 0. The molecule has 0 aromatic rings. The minimum atomic E-state index is 0.401. The largest absolute Gasteiger partial charge is 0.270 e. The van der Waals surface area contributed by atoms with Crippen LogP contribution in [-0.4, -0.2) is 21.9 Å². The van der Waals surface area contributed by atoms with E-state index in [9.17, 15) is 0 Å². The molecular weight excluding hydrogens is 162 g/mol. The highest BCUT2D eigenvalue weighted by atomic mass is 32.2. The Morgan fingerprint density at radius 3 is 2.80 bits per heavy atom. The van der Waals surface area contributed by atoms with E-state index in [1.807, 2.05) is 11.8 Å². The molecule has 0 saturated carbocycles. The van der Waals surface area contributed by atoms with E-state index in [0.717, 1.165) is 6.54 Å². The fourth-order valence-corrected chi connectivity index (χ4v) is 2.75. The minimum absolute atomic E-state index is 0.401. The number of nitrogens with zero attached hydrogens (tertiary/aromatic N) is 1. The van der Waals surface area contributed by atoms with Gasteiger partial charge in [0.2, 0.25) is 0 Å². The molecule has 0 fully saturated rings. The van der Waals surface area contributed by atoms with Crippen LogP contribution in [0.1, 0.15) is 20.3 Å². The fraction of sp³-hybridized carbons (Fsp3) is 0.857. The molecule has 3 heteroatoms. The van der Waals surface area contributed by atoms with Crippen LogP contribution < -0.4 is 0 Å². The zero-order valence-electron chi connectivity index (χ0n) is 6.68. The summed E-state index contributed by atoms with van der Waals surface area (Å²) >= 11 is 3.69.